The Morgan fingerprint density at radius 1 is 1.28 bits per heavy atom. The highest BCUT2D eigenvalue weighted by molar-refractivity contribution is 5.79. The Kier molecular flexibility index (Phi) is 4.40. The average molecular weight is 398 g/mol. The number of methoxy groups -OCH3 is 1. The molecule has 152 valence electrons. The van der Waals surface area contributed by atoms with Gasteiger partial charge in [-0.25, -0.2) is 9.36 Å². The van der Waals surface area contributed by atoms with Crippen molar-refractivity contribution in [3.8, 4) is 5.75 Å². The standard InChI is InChI=1S/C19H22N6O4/c1-11-8-23(12-6-4-5-7-13(12)29-3)18-21-16-15(24(18)9-11)17(27)25(10-14(20)26)19(28)22(16)2/h4-7,11H,8-10H2,1-3H3,(H2,20,26)/t11-/m0/s1. The highest BCUT2D eigenvalue weighted by Crippen LogP contribution is 2.37. The van der Waals surface area contributed by atoms with Crippen molar-refractivity contribution in [1.29, 1.82) is 0 Å². The van der Waals surface area contributed by atoms with Crippen LogP contribution in [-0.2, 0) is 24.9 Å². The Morgan fingerprint density at radius 2 is 2.00 bits per heavy atom. The van der Waals surface area contributed by atoms with Gasteiger partial charge in [0.05, 0.1) is 12.8 Å². The molecule has 1 aliphatic rings. The van der Waals surface area contributed by atoms with Crippen molar-refractivity contribution in [2.24, 2.45) is 18.7 Å². The number of hydrogen-bond acceptors (Lipinski definition) is 6. The molecule has 0 saturated carbocycles. The third-order valence-electron chi connectivity index (χ3n) is 5.13. The summed E-state index contributed by atoms with van der Waals surface area (Å²) in [5.74, 6) is 0.670. The number of rotatable bonds is 4. The van der Waals surface area contributed by atoms with E-state index in [1.807, 2.05) is 29.2 Å². The predicted molar refractivity (Wildman–Crippen MR) is 108 cm³/mol. The van der Waals surface area contributed by atoms with Gasteiger partial charge < -0.3 is 19.9 Å². The van der Waals surface area contributed by atoms with Crippen LogP contribution in [0.4, 0.5) is 11.6 Å². The van der Waals surface area contributed by atoms with Gasteiger partial charge >= 0.3 is 5.69 Å². The molecule has 0 fully saturated rings. The fraction of sp³-hybridized carbons (Fsp3) is 0.368. The Morgan fingerprint density at radius 3 is 2.69 bits per heavy atom. The molecule has 0 radical (unpaired) electrons. The van der Waals surface area contributed by atoms with Crippen molar-refractivity contribution < 1.29 is 9.53 Å². The van der Waals surface area contributed by atoms with E-state index >= 15 is 0 Å². The minimum absolute atomic E-state index is 0.200. The molecule has 3 aromatic rings. The zero-order valence-electron chi connectivity index (χ0n) is 16.5. The molecule has 0 bridgehead atoms. The molecular formula is C19H22N6O4. The van der Waals surface area contributed by atoms with E-state index in [0.717, 1.165) is 10.3 Å². The van der Waals surface area contributed by atoms with Gasteiger partial charge in [0.1, 0.15) is 12.3 Å². The second kappa shape index (κ2) is 6.80. The van der Waals surface area contributed by atoms with Gasteiger partial charge in [-0.15, -0.1) is 0 Å². The van der Waals surface area contributed by atoms with E-state index < -0.39 is 23.7 Å². The van der Waals surface area contributed by atoms with E-state index in [1.165, 1.54) is 11.6 Å². The van der Waals surface area contributed by atoms with Crippen molar-refractivity contribution in [3.05, 3.63) is 45.1 Å². The van der Waals surface area contributed by atoms with Crippen LogP contribution in [0.25, 0.3) is 11.2 Å². The van der Waals surface area contributed by atoms with Crippen LogP contribution in [-0.4, -0.2) is 38.2 Å². The van der Waals surface area contributed by atoms with Crippen LogP contribution in [0.15, 0.2) is 33.9 Å². The number of benzene rings is 1. The monoisotopic (exact) mass is 398 g/mol. The molecule has 29 heavy (non-hydrogen) atoms. The minimum Gasteiger partial charge on any atom is -0.495 e. The second-order valence-corrected chi connectivity index (χ2v) is 7.28. The van der Waals surface area contributed by atoms with Crippen molar-refractivity contribution in [1.82, 2.24) is 18.7 Å². The number of imidazole rings is 1. The van der Waals surface area contributed by atoms with Crippen molar-refractivity contribution in [3.63, 3.8) is 0 Å². The van der Waals surface area contributed by atoms with Gasteiger partial charge in [-0.1, -0.05) is 19.1 Å². The van der Waals surface area contributed by atoms with Gasteiger partial charge in [0, 0.05) is 20.1 Å². The van der Waals surface area contributed by atoms with E-state index in [4.69, 9.17) is 10.5 Å². The normalized spacial score (nSPS) is 16.1. The predicted octanol–water partition coefficient (Wildman–Crippen LogP) is 0.178. The summed E-state index contributed by atoms with van der Waals surface area (Å²) in [6, 6.07) is 7.56. The zero-order chi connectivity index (χ0) is 20.9. The molecule has 1 amide bonds. The molecule has 0 spiro atoms. The number of anilines is 2. The van der Waals surface area contributed by atoms with Crippen molar-refractivity contribution in [2.45, 2.75) is 20.0 Å². The Labute approximate surface area is 165 Å². The van der Waals surface area contributed by atoms with Gasteiger partial charge in [0.25, 0.3) is 5.56 Å². The summed E-state index contributed by atoms with van der Waals surface area (Å²) in [4.78, 5) is 43.7. The molecule has 4 rings (SSSR count). The lowest BCUT2D eigenvalue weighted by molar-refractivity contribution is -0.118. The number of ether oxygens (including phenoxy) is 1. The summed E-state index contributed by atoms with van der Waals surface area (Å²) < 4.78 is 9.43. The molecule has 1 aliphatic heterocycles. The van der Waals surface area contributed by atoms with Crippen LogP contribution >= 0.6 is 0 Å². The summed E-state index contributed by atoms with van der Waals surface area (Å²) in [5, 5.41) is 0. The van der Waals surface area contributed by atoms with Crippen LogP contribution in [0.2, 0.25) is 0 Å². The maximum absolute atomic E-state index is 13.1. The second-order valence-electron chi connectivity index (χ2n) is 7.28. The Bertz CT molecular complexity index is 1240. The summed E-state index contributed by atoms with van der Waals surface area (Å²) in [5.41, 5.74) is 5.39. The lowest BCUT2D eigenvalue weighted by Crippen LogP contribution is -2.43. The SMILES string of the molecule is COc1ccccc1N1C[C@H](C)Cn2c1nc1c2c(=O)n(CC(N)=O)c(=O)n1C. The van der Waals surface area contributed by atoms with E-state index in [9.17, 15) is 14.4 Å². The van der Waals surface area contributed by atoms with Crippen molar-refractivity contribution in [2.75, 3.05) is 18.6 Å². The van der Waals surface area contributed by atoms with Crippen LogP contribution < -0.4 is 26.6 Å². The number of aryl methyl sites for hydroxylation is 1. The lowest BCUT2D eigenvalue weighted by atomic mass is 10.1. The molecule has 10 heteroatoms. The number of carbonyl (C=O) groups excluding carboxylic acids is 1. The number of fused-ring (bicyclic) bond motifs is 3. The molecular weight excluding hydrogens is 376 g/mol. The molecule has 0 saturated heterocycles. The summed E-state index contributed by atoms with van der Waals surface area (Å²) in [6.45, 7) is 2.82. The number of carbonyl (C=O) groups is 1. The smallest absolute Gasteiger partial charge is 0.332 e. The minimum atomic E-state index is -0.758. The first-order chi connectivity index (χ1) is 13.8. The fourth-order valence-electron chi connectivity index (χ4n) is 3.86. The third-order valence-corrected chi connectivity index (χ3v) is 5.13. The van der Waals surface area contributed by atoms with Crippen LogP contribution in [0, 0.1) is 5.92 Å². The quantitative estimate of drug-likeness (QED) is 0.670. The number of nitrogens with zero attached hydrogens (tertiary/aromatic N) is 5. The van der Waals surface area contributed by atoms with E-state index in [-0.39, 0.29) is 17.1 Å². The van der Waals surface area contributed by atoms with E-state index in [0.29, 0.717) is 24.8 Å². The topological polar surface area (TPSA) is 117 Å². The molecule has 2 N–H and O–H groups in total. The zero-order valence-corrected chi connectivity index (χ0v) is 16.5. The Hall–Kier alpha value is -3.56. The molecule has 1 aromatic carbocycles. The Balaban J connectivity index is 2.03. The largest absolute Gasteiger partial charge is 0.495 e. The first kappa shape index (κ1) is 18.8. The van der Waals surface area contributed by atoms with Crippen LogP contribution in [0.5, 0.6) is 5.75 Å². The molecule has 10 nitrogen and oxygen atoms in total. The molecule has 3 heterocycles. The lowest BCUT2D eigenvalue weighted by Gasteiger charge is -2.33. The first-order valence-electron chi connectivity index (χ1n) is 9.22. The molecule has 0 unspecified atom stereocenters. The van der Waals surface area contributed by atoms with Gasteiger partial charge in [-0.3, -0.25) is 14.2 Å². The van der Waals surface area contributed by atoms with Gasteiger partial charge in [0.2, 0.25) is 11.9 Å². The number of amides is 1. The third kappa shape index (κ3) is 2.87. The van der Waals surface area contributed by atoms with E-state index in [2.05, 4.69) is 11.9 Å². The van der Waals surface area contributed by atoms with Crippen molar-refractivity contribution >= 4 is 28.7 Å². The number of hydrogen-bond donors (Lipinski definition) is 1. The highest BCUT2D eigenvalue weighted by Gasteiger charge is 2.31. The van der Waals surface area contributed by atoms with Gasteiger partial charge in [0.15, 0.2) is 11.2 Å². The highest BCUT2D eigenvalue weighted by atomic mass is 16.5. The van der Waals surface area contributed by atoms with Gasteiger partial charge in [-0.2, -0.15) is 4.98 Å². The summed E-state index contributed by atoms with van der Waals surface area (Å²) >= 11 is 0. The number of primary amides is 1. The first-order valence-corrected chi connectivity index (χ1v) is 9.22. The average Bonchev–Trinajstić information content (AvgIpc) is 3.08. The summed E-state index contributed by atoms with van der Waals surface area (Å²) in [7, 11) is 3.12. The number of aromatic nitrogens is 4. The molecule has 2 aromatic heterocycles. The van der Waals surface area contributed by atoms with E-state index in [1.54, 1.807) is 11.7 Å². The summed E-state index contributed by atoms with van der Waals surface area (Å²) in [6.07, 6.45) is 0. The number of para-hydroxylation sites is 2. The maximum Gasteiger partial charge on any atom is 0.332 e. The maximum atomic E-state index is 13.1. The van der Waals surface area contributed by atoms with Gasteiger partial charge in [-0.05, 0) is 18.1 Å². The fourth-order valence-corrected chi connectivity index (χ4v) is 3.86. The number of nitrogens with two attached hydrogens (primary N) is 1. The van der Waals surface area contributed by atoms with Crippen LogP contribution in [0.3, 0.4) is 0 Å². The molecule has 1 atom stereocenters. The van der Waals surface area contributed by atoms with Crippen LogP contribution in [0.1, 0.15) is 6.92 Å². The molecule has 0 aliphatic carbocycles.